The minimum atomic E-state index is 0.828. The zero-order valence-corrected chi connectivity index (χ0v) is 9.95. The minimum Gasteiger partial charge on any atom is -0.396 e. The fourth-order valence-electron chi connectivity index (χ4n) is 2.86. The Morgan fingerprint density at radius 2 is 2.16 bits per heavy atom. The van der Waals surface area contributed by atoms with Crippen LogP contribution in [0.4, 0.5) is 0 Å². The van der Waals surface area contributed by atoms with E-state index in [1.807, 2.05) is 41.5 Å². The fraction of sp³-hybridized carbons (Fsp3) is 0.0714. The third kappa shape index (κ3) is 1.03. The van der Waals surface area contributed by atoms with Crippen molar-refractivity contribution < 1.29 is 8.98 Å². The molecule has 0 atom stereocenters. The van der Waals surface area contributed by atoms with Crippen molar-refractivity contribution in [2.45, 2.75) is 6.54 Å². The summed E-state index contributed by atoms with van der Waals surface area (Å²) in [6, 6.07) is 2.04. The second-order valence-corrected chi connectivity index (χ2v) is 4.74. The van der Waals surface area contributed by atoms with Crippen molar-refractivity contribution in [3.8, 4) is 11.5 Å². The van der Waals surface area contributed by atoms with E-state index >= 15 is 0 Å². The highest BCUT2D eigenvalue weighted by Gasteiger charge is 2.35. The summed E-state index contributed by atoms with van der Waals surface area (Å²) in [7, 11) is 0. The van der Waals surface area contributed by atoms with E-state index in [-0.39, 0.29) is 0 Å². The van der Waals surface area contributed by atoms with Gasteiger partial charge in [-0.25, -0.2) is 0 Å². The Labute approximate surface area is 107 Å². The predicted molar refractivity (Wildman–Crippen MR) is 67.5 cm³/mol. The molecule has 0 unspecified atom stereocenters. The third-order valence-electron chi connectivity index (χ3n) is 3.71. The summed E-state index contributed by atoms with van der Waals surface area (Å²) >= 11 is 0. The lowest BCUT2D eigenvalue weighted by Crippen LogP contribution is -2.30. The maximum atomic E-state index is 6.00. The van der Waals surface area contributed by atoms with Crippen LogP contribution >= 0.6 is 0 Å². The van der Waals surface area contributed by atoms with Crippen molar-refractivity contribution in [3.05, 3.63) is 48.8 Å². The summed E-state index contributed by atoms with van der Waals surface area (Å²) in [6.45, 7) is 0.828. The molecule has 5 heteroatoms. The van der Waals surface area contributed by atoms with Crippen LogP contribution < -0.4 is 4.57 Å². The number of aromatic nitrogens is 4. The van der Waals surface area contributed by atoms with Crippen molar-refractivity contribution in [1.82, 2.24) is 14.4 Å². The molecule has 4 aromatic heterocycles. The van der Waals surface area contributed by atoms with Crippen LogP contribution in [0.1, 0.15) is 5.56 Å². The van der Waals surface area contributed by atoms with E-state index in [2.05, 4.69) is 14.5 Å². The number of pyridine rings is 1. The molecule has 0 spiro atoms. The van der Waals surface area contributed by atoms with Crippen LogP contribution in [-0.2, 0) is 6.54 Å². The quantitative estimate of drug-likeness (QED) is 0.393. The molecule has 0 aromatic carbocycles. The van der Waals surface area contributed by atoms with Crippen LogP contribution in [0.15, 0.2) is 47.7 Å². The molecule has 0 aliphatic carbocycles. The smallest absolute Gasteiger partial charge is 0.384 e. The molecule has 0 radical (unpaired) electrons. The standard InChI is InChI=1S/C14H9N4O/c1-2-15-5-10-9(1)7-18-13-11-6-16-3-4-17(11)8-12(13)19-14(10)18/h1-6,8H,7H2/q+1. The highest BCUT2D eigenvalue weighted by Crippen LogP contribution is 2.32. The van der Waals surface area contributed by atoms with Gasteiger partial charge in [-0.1, -0.05) is 0 Å². The largest absolute Gasteiger partial charge is 0.396 e. The van der Waals surface area contributed by atoms with Gasteiger partial charge >= 0.3 is 5.89 Å². The predicted octanol–water partition coefficient (Wildman–Crippen LogP) is 1.79. The van der Waals surface area contributed by atoms with Crippen molar-refractivity contribution in [2.24, 2.45) is 0 Å². The van der Waals surface area contributed by atoms with Gasteiger partial charge in [0.25, 0.3) is 5.52 Å². The lowest BCUT2D eigenvalue weighted by molar-refractivity contribution is -0.648. The highest BCUT2D eigenvalue weighted by atomic mass is 16.4. The molecule has 90 valence electrons. The highest BCUT2D eigenvalue weighted by molar-refractivity contribution is 5.88. The Bertz CT molecular complexity index is 951. The van der Waals surface area contributed by atoms with E-state index in [0.29, 0.717) is 0 Å². The Morgan fingerprint density at radius 1 is 1.21 bits per heavy atom. The number of oxazole rings is 1. The van der Waals surface area contributed by atoms with Gasteiger partial charge in [0, 0.05) is 30.4 Å². The number of fused-ring (bicyclic) bond motifs is 7. The average molecular weight is 249 g/mol. The van der Waals surface area contributed by atoms with Crippen LogP contribution in [0.25, 0.3) is 28.1 Å². The normalized spacial score (nSPS) is 13.1. The van der Waals surface area contributed by atoms with Crippen LogP contribution in [0.2, 0.25) is 0 Å². The first-order valence-corrected chi connectivity index (χ1v) is 6.12. The SMILES string of the molecule is c1cc2c(cn1)-c1oc3cn4ccncc4c3[n+]1C2. The molecule has 5 rings (SSSR count). The van der Waals surface area contributed by atoms with Crippen LogP contribution in [-0.4, -0.2) is 14.4 Å². The Balaban J connectivity index is 1.94. The first-order valence-electron chi connectivity index (χ1n) is 6.12. The molecule has 5 heterocycles. The van der Waals surface area contributed by atoms with Gasteiger partial charge in [-0.15, -0.1) is 4.57 Å². The first-order chi connectivity index (χ1) is 9.42. The van der Waals surface area contributed by atoms with Crippen molar-refractivity contribution in [2.75, 3.05) is 0 Å². The molecule has 19 heavy (non-hydrogen) atoms. The topological polar surface area (TPSA) is 47.2 Å². The Kier molecular flexibility index (Phi) is 1.46. The summed E-state index contributed by atoms with van der Waals surface area (Å²) < 4.78 is 10.2. The van der Waals surface area contributed by atoms with Crippen LogP contribution in [0, 0.1) is 0 Å². The van der Waals surface area contributed by atoms with Gasteiger partial charge in [-0.2, -0.15) is 0 Å². The molecule has 5 nitrogen and oxygen atoms in total. The molecule has 0 fully saturated rings. The van der Waals surface area contributed by atoms with Gasteiger partial charge in [0.1, 0.15) is 11.1 Å². The van der Waals surface area contributed by atoms with Gasteiger partial charge < -0.3 is 8.82 Å². The summed E-state index contributed by atoms with van der Waals surface area (Å²) in [5, 5.41) is 0. The summed E-state index contributed by atoms with van der Waals surface area (Å²) in [5.41, 5.74) is 5.38. The number of rotatable bonds is 0. The summed E-state index contributed by atoms with van der Waals surface area (Å²) in [4.78, 5) is 8.38. The van der Waals surface area contributed by atoms with Crippen molar-refractivity contribution in [3.63, 3.8) is 0 Å². The number of hydrogen-bond acceptors (Lipinski definition) is 3. The Hall–Kier alpha value is -2.69. The second-order valence-electron chi connectivity index (χ2n) is 4.74. The molecular weight excluding hydrogens is 240 g/mol. The van der Waals surface area contributed by atoms with E-state index in [9.17, 15) is 0 Å². The molecule has 0 saturated carbocycles. The maximum Gasteiger partial charge on any atom is 0.384 e. The monoisotopic (exact) mass is 249 g/mol. The maximum absolute atomic E-state index is 6.00. The molecule has 4 aromatic rings. The Morgan fingerprint density at radius 3 is 3.16 bits per heavy atom. The second kappa shape index (κ2) is 3.00. The number of hydrogen-bond donors (Lipinski definition) is 0. The van der Waals surface area contributed by atoms with E-state index in [0.717, 1.165) is 34.6 Å². The molecule has 1 aliphatic heterocycles. The van der Waals surface area contributed by atoms with Gasteiger partial charge in [0.2, 0.25) is 5.58 Å². The molecular formula is C14H9N4O+. The average Bonchev–Trinajstić information content (AvgIpc) is 3.05. The van der Waals surface area contributed by atoms with Crippen LogP contribution in [0.5, 0.6) is 0 Å². The van der Waals surface area contributed by atoms with Gasteiger partial charge in [-0.3, -0.25) is 9.97 Å². The lowest BCUT2D eigenvalue weighted by atomic mass is 10.2. The van der Waals surface area contributed by atoms with Gasteiger partial charge in [-0.05, 0) is 6.07 Å². The van der Waals surface area contributed by atoms with E-state index in [1.165, 1.54) is 5.56 Å². The van der Waals surface area contributed by atoms with E-state index < -0.39 is 0 Å². The molecule has 0 saturated heterocycles. The van der Waals surface area contributed by atoms with Gasteiger partial charge in [0.15, 0.2) is 6.54 Å². The molecule has 0 bridgehead atoms. The fourth-order valence-corrected chi connectivity index (χ4v) is 2.86. The van der Waals surface area contributed by atoms with Gasteiger partial charge in [0.05, 0.1) is 12.4 Å². The lowest BCUT2D eigenvalue weighted by Gasteiger charge is -1.90. The molecule has 1 aliphatic rings. The zero-order valence-electron chi connectivity index (χ0n) is 9.95. The third-order valence-corrected chi connectivity index (χ3v) is 3.71. The number of nitrogens with zero attached hydrogens (tertiary/aromatic N) is 4. The van der Waals surface area contributed by atoms with Crippen LogP contribution in [0.3, 0.4) is 0 Å². The van der Waals surface area contributed by atoms with Crippen molar-refractivity contribution in [1.29, 1.82) is 0 Å². The van der Waals surface area contributed by atoms with E-state index in [4.69, 9.17) is 4.42 Å². The molecule has 0 N–H and O–H groups in total. The zero-order chi connectivity index (χ0) is 12.4. The van der Waals surface area contributed by atoms with E-state index in [1.54, 1.807) is 6.20 Å². The minimum absolute atomic E-state index is 0.828. The summed E-state index contributed by atoms with van der Waals surface area (Å²) in [5.74, 6) is 0.888. The first kappa shape index (κ1) is 9.27. The van der Waals surface area contributed by atoms with Crippen molar-refractivity contribution >= 4 is 16.6 Å². The summed E-state index contributed by atoms with van der Waals surface area (Å²) in [6.07, 6.45) is 11.3. The molecule has 0 amide bonds.